The fourth-order valence-electron chi connectivity index (χ4n) is 3.75. The van der Waals surface area contributed by atoms with Crippen LogP contribution in [0.15, 0.2) is 53.5 Å². The van der Waals surface area contributed by atoms with Gasteiger partial charge in [0.05, 0.1) is 23.6 Å². The average Bonchev–Trinajstić information content (AvgIpc) is 3.15. The Labute approximate surface area is 191 Å². The van der Waals surface area contributed by atoms with Gasteiger partial charge in [0.15, 0.2) is 17.5 Å². The van der Waals surface area contributed by atoms with Crippen molar-refractivity contribution in [2.24, 2.45) is 0 Å². The normalized spacial score (nSPS) is 12.0. The summed E-state index contributed by atoms with van der Waals surface area (Å²) < 4.78 is 14.0. The molecule has 170 valence electrons. The molecule has 0 amide bonds. The minimum absolute atomic E-state index is 0.261. The first kappa shape index (κ1) is 22.3. The van der Waals surface area contributed by atoms with E-state index in [-0.39, 0.29) is 12.2 Å². The van der Waals surface area contributed by atoms with Gasteiger partial charge in [-0.2, -0.15) is 5.10 Å². The van der Waals surface area contributed by atoms with Gasteiger partial charge in [-0.1, -0.05) is 12.1 Å². The first-order chi connectivity index (χ1) is 15.8. The highest BCUT2D eigenvalue weighted by molar-refractivity contribution is 5.75. The number of esters is 1. The molecule has 4 aromatic rings. The number of carbonyl (C=O) groups excluding carboxylic acids is 1. The van der Waals surface area contributed by atoms with E-state index in [9.17, 15) is 9.59 Å². The molecule has 0 N–H and O–H groups in total. The van der Waals surface area contributed by atoms with Gasteiger partial charge in [0.1, 0.15) is 5.69 Å². The molecular weight excluding hydrogens is 420 g/mol. The number of aryl methyl sites for hydroxylation is 3. The molecule has 8 nitrogen and oxygen atoms in total. The molecule has 1 aromatic carbocycles. The Balaban J connectivity index is 1.79. The minimum Gasteiger partial charge on any atom is -0.475 e. The molecule has 0 aliphatic heterocycles. The third-order valence-corrected chi connectivity index (χ3v) is 5.31. The van der Waals surface area contributed by atoms with Gasteiger partial charge >= 0.3 is 5.97 Å². The van der Waals surface area contributed by atoms with Crippen molar-refractivity contribution in [2.45, 2.75) is 40.7 Å². The van der Waals surface area contributed by atoms with Gasteiger partial charge in [-0.25, -0.2) is 14.5 Å². The van der Waals surface area contributed by atoms with Crippen LogP contribution in [0.2, 0.25) is 0 Å². The van der Waals surface area contributed by atoms with E-state index >= 15 is 0 Å². The van der Waals surface area contributed by atoms with Crippen LogP contribution in [0.1, 0.15) is 30.8 Å². The predicted molar refractivity (Wildman–Crippen MR) is 125 cm³/mol. The molecule has 8 heteroatoms. The fraction of sp³-hybridized carbons (Fsp3) is 0.280. The summed E-state index contributed by atoms with van der Waals surface area (Å²) in [6, 6.07) is 13.2. The van der Waals surface area contributed by atoms with Crippen molar-refractivity contribution >= 4 is 11.6 Å². The van der Waals surface area contributed by atoms with E-state index in [1.807, 2.05) is 48.9 Å². The first-order valence-corrected chi connectivity index (χ1v) is 10.8. The maximum absolute atomic E-state index is 13.5. The Hall–Kier alpha value is -3.94. The van der Waals surface area contributed by atoms with E-state index in [1.165, 1.54) is 4.40 Å². The van der Waals surface area contributed by atoms with E-state index in [4.69, 9.17) is 14.6 Å². The third kappa shape index (κ3) is 4.24. The van der Waals surface area contributed by atoms with Crippen LogP contribution in [0.25, 0.3) is 22.6 Å². The molecule has 4 rings (SSSR count). The Morgan fingerprint density at radius 1 is 1.12 bits per heavy atom. The molecule has 33 heavy (non-hydrogen) atoms. The summed E-state index contributed by atoms with van der Waals surface area (Å²) in [5.41, 5.74) is 4.50. The monoisotopic (exact) mass is 446 g/mol. The van der Waals surface area contributed by atoms with Crippen molar-refractivity contribution < 1.29 is 14.3 Å². The van der Waals surface area contributed by atoms with E-state index in [0.717, 1.165) is 16.9 Å². The van der Waals surface area contributed by atoms with Crippen molar-refractivity contribution in [1.82, 2.24) is 19.2 Å². The minimum atomic E-state index is -0.833. The molecule has 3 heterocycles. The second-order valence-corrected chi connectivity index (χ2v) is 7.88. The zero-order chi connectivity index (χ0) is 23.7. The lowest BCUT2D eigenvalue weighted by Crippen LogP contribution is -2.27. The maximum atomic E-state index is 13.5. The number of aromatic nitrogens is 4. The molecule has 0 unspecified atom stereocenters. The second-order valence-electron chi connectivity index (χ2n) is 7.88. The largest absolute Gasteiger partial charge is 0.475 e. The van der Waals surface area contributed by atoms with Crippen molar-refractivity contribution in [3.63, 3.8) is 0 Å². The molecule has 0 aliphatic rings. The summed E-state index contributed by atoms with van der Waals surface area (Å²) in [5.74, 6) is -0.154. The van der Waals surface area contributed by atoms with Crippen LogP contribution in [0.4, 0.5) is 0 Å². The standard InChI is InChI=1S/C25H26N4O4/c1-6-32-25(31)18(5)33-21-11-8-12-28-23(21)26-17(4)22(24(28)30)20-14-16(3)29(27-20)19-10-7-9-15(2)13-19/h7-14,18H,6H2,1-5H3/t18-/m0/s1. The molecular formula is C25H26N4O4. The highest BCUT2D eigenvalue weighted by atomic mass is 16.6. The lowest BCUT2D eigenvalue weighted by molar-refractivity contribution is -0.150. The number of benzene rings is 1. The number of hydrogen-bond donors (Lipinski definition) is 0. The topological polar surface area (TPSA) is 87.7 Å². The fourth-order valence-corrected chi connectivity index (χ4v) is 3.75. The zero-order valence-corrected chi connectivity index (χ0v) is 19.3. The quantitative estimate of drug-likeness (QED) is 0.419. The summed E-state index contributed by atoms with van der Waals surface area (Å²) in [5, 5.41) is 4.71. The number of carbonyl (C=O) groups is 1. The molecule has 0 bridgehead atoms. The maximum Gasteiger partial charge on any atom is 0.347 e. The summed E-state index contributed by atoms with van der Waals surface area (Å²) >= 11 is 0. The lowest BCUT2D eigenvalue weighted by atomic mass is 10.1. The molecule has 0 aliphatic carbocycles. The SMILES string of the molecule is CCOC(=O)[C@H](C)Oc1cccn2c(=O)c(-c3cc(C)n(-c4cccc(C)c4)n3)c(C)nc12. The van der Waals surface area contributed by atoms with Crippen LogP contribution in [0.3, 0.4) is 0 Å². The second kappa shape index (κ2) is 8.90. The van der Waals surface area contributed by atoms with Crippen LogP contribution in [-0.4, -0.2) is 37.8 Å². The van der Waals surface area contributed by atoms with Crippen molar-refractivity contribution in [1.29, 1.82) is 0 Å². The smallest absolute Gasteiger partial charge is 0.347 e. The van der Waals surface area contributed by atoms with E-state index in [1.54, 1.807) is 39.1 Å². The Morgan fingerprint density at radius 2 is 1.91 bits per heavy atom. The van der Waals surface area contributed by atoms with Gasteiger partial charge in [-0.15, -0.1) is 0 Å². The molecule has 1 atom stereocenters. The van der Waals surface area contributed by atoms with Crippen LogP contribution < -0.4 is 10.3 Å². The summed E-state index contributed by atoms with van der Waals surface area (Å²) in [4.78, 5) is 30.1. The number of nitrogens with zero attached hydrogens (tertiary/aromatic N) is 4. The van der Waals surface area contributed by atoms with Gasteiger partial charge in [0.25, 0.3) is 5.56 Å². The Morgan fingerprint density at radius 3 is 2.64 bits per heavy atom. The number of ether oxygens (including phenoxy) is 2. The number of rotatable bonds is 6. The van der Waals surface area contributed by atoms with Crippen LogP contribution in [-0.2, 0) is 9.53 Å². The van der Waals surface area contributed by atoms with Crippen LogP contribution >= 0.6 is 0 Å². The molecule has 0 spiro atoms. The lowest BCUT2D eigenvalue weighted by Gasteiger charge is -2.15. The summed E-state index contributed by atoms with van der Waals surface area (Å²) in [6.45, 7) is 9.33. The Kier molecular flexibility index (Phi) is 6.00. The van der Waals surface area contributed by atoms with E-state index in [0.29, 0.717) is 28.3 Å². The first-order valence-electron chi connectivity index (χ1n) is 10.8. The average molecular weight is 447 g/mol. The molecule has 3 aromatic heterocycles. The highest BCUT2D eigenvalue weighted by Gasteiger charge is 2.21. The van der Waals surface area contributed by atoms with Crippen LogP contribution in [0.5, 0.6) is 5.75 Å². The third-order valence-electron chi connectivity index (χ3n) is 5.31. The zero-order valence-electron chi connectivity index (χ0n) is 19.3. The van der Waals surface area contributed by atoms with Gasteiger partial charge in [0, 0.05) is 11.9 Å². The van der Waals surface area contributed by atoms with Gasteiger partial charge in [-0.3, -0.25) is 9.20 Å². The molecule has 0 saturated carbocycles. The van der Waals surface area contributed by atoms with E-state index in [2.05, 4.69) is 4.98 Å². The Bertz CT molecular complexity index is 1400. The number of pyridine rings is 1. The number of fused-ring (bicyclic) bond motifs is 1. The summed E-state index contributed by atoms with van der Waals surface area (Å²) in [7, 11) is 0. The van der Waals surface area contributed by atoms with Crippen molar-refractivity contribution in [3.8, 4) is 22.7 Å². The molecule has 0 fully saturated rings. The van der Waals surface area contributed by atoms with Gasteiger partial charge < -0.3 is 9.47 Å². The molecule has 0 saturated heterocycles. The van der Waals surface area contributed by atoms with Crippen LogP contribution in [0, 0.1) is 20.8 Å². The van der Waals surface area contributed by atoms with Gasteiger partial charge in [-0.05, 0) is 70.5 Å². The van der Waals surface area contributed by atoms with Crippen molar-refractivity contribution in [3.05, 3.63) is 76.0 Å². The van der Waals surface area contributed by atoms with Gasteiger partial charge in [0.2, 0.25) is 0 Å². The van der Waals surface area contributed by atoms with Crippen molar-refractivity contribution in [2.75, 3.05) is 6.61 Å². The predicted octanol–water partition coefficient (Wildman–Crippen LogP) is 3.80. The molecule has 0 radical (unpaired) electrons. The van der Waals surface area contributed by atoms with E-state index < -0.39 is 12.1 Å². The highest BCUT2D eigenvalue weighted by Crippen LogP contribution is 2.24. The number of hydrogen-bond acceptors (Lipinski definition) is 6. The summed E-state index contributed by atoms with van der Waals surface area (Å²) in [6.07, 6.45) is 0.792.